The zero-order valence-corrected chi connectivity index (χ0v) is 27.5. The van der Waals surface area contributed by atoms with Gasteiger partial charge in [-0.15, -0.1) is 0 Å². The minimum absolute atomic E-state index is 0.00989. The van der Waals surface area contributed by atoms with Crippen LogP contribution in [0.15, 0.2) is 60.7 Å². The molecule has 2 aromatic carbocycles. The van der Waals surface area contributed by atoms with E-state index in [0.717, 1.165) is 43.2 Å². The van der Waals surface area contributed by atoms with Crippen LogP contribution >= 0.6 is 0 Å². The van der Waals surface area contributed by atoms with E-state index >= 15 is 0 Å². The fourth-order valence-corrected chi connectivity index (χ4v) is 6.12. The molecule has 1 saturated carbocycles. The number of amides is 5. The van der Waals surface area contributed by atoms with Gasteiger partial charge in [0.1, 0.15) is 18.7 Å². The van der Waals surface area contributed by atoms with Crippen molar-refractivity contribution in [2.75, 3.05) is 6.54 Å². The SMILES string of the molecule is CCC[C@H](NC(=O)[C@@H](Cc1ccccc1)NC(=O)OCc1ccccc1)C(=O)N[C@@H](C[C@@H]1CCNC1=O)C(=O)C(=O)NC1CCCCC1. The number of hydrogen-bond donors (Lipinski definition) is 5. The quantitative estimate of drug-likeness (QED) is 0.172. The lowest BCUT2D eigenvalue weighted by Gasteiger charge is -2.27. The van der Waals surface area contributed by atoms with Gasteiger partial charge in [-0.05, 0) is 43.2 Å². The van der Waals surface area contributed by atoms with Crippen LogP contribution in [0.5, 0.6) is 0 Å². The Morgan fingerprint density at radius 2 is 1.42 bits per heavy atom. The summed E-state index contributed by atoms with van der Waals surface area (Å²) in [5.74, 6) is -3.65. The number of nitrogens with one attached hydrogen (secondary N) is 5. The Balaban J connectivity index is 1.45. The minimum atomic E-state index is -1.25. The molecule has 4 rings (SSSR count). The highest BCUT2D eigenvalue weighted by Crippen LogP contribution is 2.19. The van der Waals surface area contributed by atoms with Crippen molar-refractivity contribution in [2.45, 2.75) is 102 Å². The predicted octanol–water partition coefficient (Wildman–Crippen LogP) is 2.84. The molecule has 0 spiro atoms. The third kappa shape index (κ3) is 11.2. The van der Waals surface area contributed by atoms with Crippen LogP contribution in [-0.4, -0.2) is 66.2 Å². The molecule has 5 amide bonds. The monoisotopic (exact) mass is 661 g/mol. The Labute approximate surface area is 281 Å². The first kappa shape index (κ1) is 36.1. The molecular formula is C36H47N5O7. The van der Waals surface area contributed by atoms with Crippen LogP contribution in [0, 0.1) is 5.92 Å². The van der Waals surface area contributed by atoms with Crippen LogP contribution < -0.4 is 26.6 Å². The van der Waals surface area contributed by atoms with E-state index in [1.54, 1.807) is 0 Å². The molecule has 1 aliphatic carbocycles. The summed E-state index contributed by atoms with van der Waals surface area (Å²) in [4.78, 5) is 79.0. The number of ketones is 1. The number of Topliss-reactive ketones (excluding diaryl/α,β-unsaturated/α-hetero) is 1. The molecule has 48 heavy (non-hydrogen) atoms. The highest BCUT2D eigenvalue weighted by molar-refractivity contribution is 6.38. The first-order valence-electron chi connectivity index (χ1n) is 17.0. The van der Waals surface area contributed by atoms with Crippen molar-refractivity contribution in [3.05, 3.63) is 71.8 Å². The second kappa shape index (κ2) is 18.6. The van der Waals surface area contributed by atoms with Gasteiger partial charge in [-0.2, -0.15) is 0 Å². The van der Waals surface area contributed by atoms with Crippen LogP contribution in [0.3, 0.4) is 0 Å². The summed E-state index contributed by atoms with van der Waals surface area (Å²) in [5.41, 5.74) is 1.56. The van der Waals surface area contributed by atoms with Gasteiger partial charge in [0.2, 0.25) is 23.5 Å². The van der Waals surface area contributed by atoms with Gasteiger partial charge in [0, 0.05) is 24.9 Å². The van der Waals surface area contributed by atoms with Crippen molar-refractivity contribution < 1.29 is 33.5 Å². The highest BCUT2D eigenvalue weighted by Gasteiger charge is 2.36. The lowest BCUT2D eigenvalue weighted by atomic mass is 9.93. The number of ether oxygens (including phenoxy) is 1. The zero-order valence-electron chi connectivity index (χ0n) is 27.5. The Bertz CT molecular complexity index is 1400. The third-order valence-electron chi connectivity index (χ3n) is 8.79. The van der Waals surface area contributed by atoms with Crippen molar-refractivity contribution in [1.82, 2.24) is 26.6 Å². The number of alkyl carbamates (subject to hydrolysis) is 1. The molecule has 12 heteroatoms. The van der Waals surface area contributed by atoms with E-state index in [9.17, 15) is 28.8 Å². The van der Waals surface area contributed by atoms with Gasteiger partial charge >= 0.3 is 6.09 Å². The molecule has 0 bridgehead atoms. The molecule has 1 saturated heterocycles. The van der Waals surface area contributed by atoms with E-state index in [4.69, 9.17) is 4.74 Å². The van der Waals surface area contributed by atoms with Crippen molar-refractivity contribution in [1.29, 1.82) is 0 Å². The first-order chi connectivity index (χ1) is 23.2. The van der Waals surface area contributed by atoms with Crippen molar-refractivity contribution in [3.8, 4) is 0 Å². The maximum absolute atomic E-state index is 13.7. The largest absolute Gasteiger partial charge is 0.445 e. The van der Waals surface area contributed by atoms with E-state index in [0.29, 0.717) is 19.4 Å². The fraction of sp³-hybridized carbons (Fsp3) is 0.500. The summed E-state index contributed by atoms with van der Waals surface area (Å²) in [7, 11) is 0. The predicted molar refractivity (Wildman–Crippen MR) is 178 cm³/mol. The molecule has 2 aromatic rings. The van der Waals surface area contributed by atoms with Gasteiger partial charge in [0.05, 0.1) is 6.04 Å². The number of carbonyl (C=O) groups excluding carboxylic acids is 6. The Kier molecular flexibility index (Phi) is 14.0. The fourth-order valence-electron chi connectivity index (χ4n) is 6.12. The number of hydrogen-bond acceptors (Lipinski definition) is 7. The van der Waals surface area contributed by atoms with Gasteiger partial charge in [-0.1, -0.05) is 93.3 Å². The molecular weight excluding hydrogens is 614 g/mol. The minimum Gasteiger partial charge on any atom is -0.445 e. The topological polar surface area (TPSA) is 172 Å². The lowest BCUT2D eigenvalue weighted by molar-refractivity contribution is -0.141. The zero-order chi connectivity index (χ0) is 34.3. The van der Waals surface area contributed by atoms with Crippen LogP contribution in [0.4, 0.5) is 4.79 Å². The Hall–Kier alpha value is -4.74. The molecule has 1 heterocycles. The molecule has 0 unspecified atom stereocenters. The molecule has 4 atom stereocenters. The molecule has 0 radical (unpaired) electrons. The van der Waals surface area contributed by atoms with Gasteiger partial charge in [0.25, 0.3) is 5.91 Å². The standard InChI is InChI=1S/C36H47N5O7/c1-2-12-28(33(44)40-29(22-26-19-20-37-32(26)43)31(42)35(46)38-27-17-10-5-11-18-27)39-34(45)30(21-24-13-6-3-7-14-24)41-36(47)48-23-25-15-8-4-9-16-25/h3-4,6-9,13-16,26-30H,2,5,10-12,17-23H2,1H3,(H,37,43)(H,38,46)(H,39,45)(H,40,44)(H,41,47)/t26-,28-,29-,30+/m0/s1. The van der Waals surface area contributed by atoms with Crippen LogP contribution in [0.25, 0.3) is 0 Å². The molecule has 2 fully saturated rings. The second-order valence-corrected chi connectivity index (χ2v) is 12.5. The Morgan fingerprint density at radius 3 is 2.04 bits per heavy atom. The average molecular weight is 662 g/mol. The summed E-state index contributed by atoms with van der Waals surface area (Å²) in [6.07, 6.45) is 5.09. The van der Waals surface area contributed by atoms with Crippen LogP contribution in [0.2, 0.25) is 0 Å². The third-order valence-corrected chi connectivity index (χ3v) is 8.79. The van der Waals surface area contributed by atoms with Gasteiger partial charge in [0.15, 0.2) is 0 Å². The number of benzene rings is 2. The summed E-state index contributed by atoms with van der Waals surface area (Å²) in [6.45, 7) is 2.30. The summed E-state index contributed by atoms with van der Waals surface area (Å²) >= 11 is 0. The summed E-state index contributed by atoms with van der Waals surface area (Å²) < 4.78 is 5.36. The summed E-state index contributed by atoms with van der Waals surface area (Å²) in [6, 6.07) is 14.7. The van der Waals surface area contributed by atoms with Crippen molar-refractivity contribution in [3.63, 3.8) is 0 Å². The van der Waals surface area contributed by atoms with E-state index in [2.05, 4.69) is 26.6 Å². The molecule has 12 nitrogen and oxygen atoms in total. The molecule has 5 N–H and O–H groups in total. The summed E-state index contributed by atoms with van der Waals surface area (Å²) in [5, 5.41) is 13.6. The van der Waals surface area contributed by atoms with E-state index < -0.39 is 53.6 Å². The van der Waals surface area contributed by atoms with Gasteiger partial charge in [-0.25, -0.2) is 4.79 Å². The molecule has 1 aliphatic heterocycles. The van der Waals surface area contributed by atoms with Gasteiger partial charge in [-0.3, -0.25) is 24.0 Å². The highest BCUT2D eigenvalue weighted by atomic mass is 16.5. The van der Waals surface area contributed by atoms with E-state index in [1.807, 2.05) is 67.6 Å². The maximum Gasteiger partial charge on any atom is 0.408 e. The lowest BCUT2D eigenvalue weighted by Crippen LogP contribution is -2.57. The second-order valence-electron chi connectivity index (χ2n) is 12.5. The number of carbonyl (C=O) groups is 6. The van der Waals surface area contributed by atoms with Crippen molar-refractivity contribution >= 4 is 35.5 Å². The van der Waals surface area contributed by atoms with E-state index in [-0.39, 0.29) is 37.8 Å². The first-order valence-corrected chi connectivity index (χ1v) is 17.0. The maximum atomic E-state index is 13.7. The van der Waals surface area contributed by atoms with Crippen LogP contribution in [-0.2, 0) is 41.7 Å². The average Bonchev–Trinajstić information content (AvgIpc) is 3.51. The normalized spacial score (nSPS) is 18.0. The van der Waals surface area contributed by atoms with E-state index in [1.165, 1.54) is 0 Å². The smallest absolute Gasteiger partial charge is 0.408 e. The Morgan fingerprint density at radius 1 is 0.792 bits per heavy atom. The molecule has 2 aliphatic rings. The number of rotatable bonds is 16. The van der Waals surface area contributed by atoms with Crippen molar-refractivity contribution in [2.24, 2.45) is 5.92 Å². The van der Waals surface area contributed by atoms with Crippen LogP contribution in [0.1, 0.15) is 75.8 Å². The molecule has 258 valence electrons. The molecule has 0 aromatic heterocycles. The van der Waals surface area contributed by atoms with Gasteiger partial charge < -0.3 is 31.3 Å².